The molecule has 1 heterocycles. The molecular formula is C19H29NO3Sn. The molecule has 1 saturated heterocycles. The van der Waals surface area contributed by atoms with Gasteiger partial charge in [0, 0.05) is 0 Å². The third-order valence-electron chi connectivity index (χ3n) is 4.65. The van der Waals surface area contributed by atoms with Gasteiger partial charge in [0.1, 0.15) is 0 Å². The van der Waals surface area contributed by atoms with Gasteiger partial charge >= 0.3 is 149 Å². The SMILES string of the molecule is COC(=O)C[C@@H]1C[C@H](Cc2ccccc2)NC(=O)[C@@H]1[CH2][Sn]([CH3])([CH3])[CH3]. The van der Waals surface area contributed by atoms with E-state index in [9.17, 15) is 9.59 Å². The average molecular weight is 438 g/mol. The number of methoxy groups -OCH3 is 1. The van der Waals surface area contributed by atoms with Gasteiger partial charge in [0.05, 0.1) is 0 Å². The molecule has 0 saturated carbocycles. The molecule has 2 rings (SSSR count). The van der Waals surface area contributed by atoms with Gasteiger partial charge in [0.2, 0.25) is 0 Å². The number of esters is 1. The van der Waals surface area contributed by atoms with Gasteiger partial charge in [-0.25, -0.2) is 0 Å². The van der Waals surface area contributed by atoms with E-state index in [1.54, 1.807) is 0 Å². The molecule has 0 spiro atoms. The van der Waals surface area contributed by atoms with Crippen molar-refractivity contribution in [3.8, 4) is 0 Å². The van der Waals surface area contributed by atoms with Gasteiger partial charge in [-0.05, 0) is 0 Å². The van der Waals surface area contributed by atoms with Gasteiger partial charge in [-0.1, -0.05) is 0 Å². The third kappa shape index (κ3) is 5.79. The first-order valence-electron chi connectivity index (χ1n) is 8.69. The number of carbonyl (C=O) groups excluding carboxylic acids is 2. The van der Waals surface area contributed by atoms with E-state index in [-0.39, 0.29) is 29.8 Å². The Morgan fingerprint density at radius 1 is 1.25 bits per heavy atom. The molecule has 1 aliphatic heterocycles. The average Bonchev–Trinajstić information content (AvgIpc) is 2.50. The number of nitrogens with one attached hydrogen (secondary N) is 1. The number of benzene rings is 1. The van der Waals surface area contributed by atoms with Crippen molar-refractivity contribution in [3.05, 3.63) is 35.9 Å². The maximum absolute atomic E-state index is 12.7. The molecular weight excluding hydrogens is 409 g/mol. The molecule has 1 N–H and O–H groups in total. The zero-order valence-corrected chi connectivity index (χ0v) is 18.0. The molecule has 1 amide bonds. The fourth-order valence-electron chi connectivity index (χ4n) is 3.59. The van der Waals surface area contributed by atoms with Crippen LogP contribution in [-0.4, -0.2) is 43.4 Å². The van der Waals surface area contributed by atoms with E-state index in [2.05, 4.69) is 32.3 Å². The number of amides is 1. The molecule has 1 aliphatic rings. The van der Waals surface area contributed by atoms with Crippen LogP contribution in [0.2, 0.25) is 19.3 Å². The normalized spacial score (nSPS) is 24.3. The molecule has 132 valence electrons. The van der Waals surface area contributed by atoms with Gasteiger partial charge in [-0.2, -0.15) is 0 Å². The Morgan fingerprint density at radius 2 is 1.92 bits per heavy atom. The molecule has 4 nitrogen and oxygen atoms in total. The summed E-state index contributed by atoms with van der Waals surface area (Å²) >= 11 is -2.14. The summed E-state index contributed by atoms with van der Waals surface area (Å²) in [5.41, 5.74) is 1.22. The molecule has 0 bridgehead atoms. The number of piperidine rings is 1. The van der Waals surface area contributed by atoms with Crippen molar-refractivity contribution in [1.29, 1.82) is 0 Å². The number of hydrogen-bond donors (Lipinski definition) is 1. The summed E-state index contributed by atoms with van der Waals surface area (Å²) in [5.74, 6) is -0.0206. The van der Waals surface area contributed by atoms with Crippen LogP contribution in [0, 0.1) is 11.8 Å². The van der Waals surface area contributed by atoms with Crippen molar-refractivity contribution in [2.75, 3.05) is 7.11 Å². The predicted molar refractivity (Wildman–Crippen MR) is 98.5 cm³/mol. The minimum absolute atomic E-state index is 0.0353. The molecule has 24 heavy (non-hydrogen) atoms. The van der Waals surface area contributed by atoms with Crippen molar-refractivity contribution >= 4 is 30.3 Å². The van der Waals surface area contributed by atoms with Gasteiger partial charge in [0.15, 0.2) is 0 Å². The van der Waals surface area contributed by atoms with Crippen LogP contribution >= 0.6 is 0 Å². The molecule has 0 aromatic heterocycles. The van der Waals surface area contributed by atoms with Crippen LogP contribution in [0.4, 0.5) is 0 Å². The second-order valence-corrected chi connectivity index (χ2v) is 23.8. The monoisotopic (exact) mass is 439 g/mol. The van der Waals surface area contributed by atoms with E-state index in [0.717, 1.165) is 17.3 Å². The second kappa shape index (κ2) is 8.36. The molecule has 1 aromatic carbocycles. The van der Waals surface area contributed by atoms with Crippen LogP contribution in [0.25, 0.3) is 0 Å². The Morgan fingerprint density at radius 3 is 2.50 bits per heavy atom. The molecule has 3 atom stereocenters. The van der Waals surface area contributed by atoms with Crippen LogP contribution in [0.1, 0.15) is 18.4 Å². The Labute approximate surface area is 149 Å². The summed E-state index contributed by atoms with van der Waals surface area (Å²) in [7, 11) is 1.42. The molecule has 5 heteroatoms. The van der Waals surface area contributed by atoms with Crippen molar-refractivity contribution in [2.45, 2.75) is 44.6 Å². The zero-order valence-electron chi connectivity index (χ0n) is 15.2. The quantitative estimate of drug-likeness (QED) is 0.548. The fraction of sp³-hybridized carbons (Fsp3) is 0.579. The summed E-state index contributed by atoms with van der Waals surface area (Å²) in [5, 5.41) is 3.20. The van der Waals surface area contributed by atoms with E-state index in [4.69, 9.17) is 4.74 Å². The number of hydrogen-bond acceptors (Lipinski definition) is 3. The van der Waals surface area contributed by atoms with Crippen LogP contribution in [0.5, 0.6) is 0 Å². The standard InChI is InChI=1S/C16H20NO3.3CH3.Sn/c1-11-13(10-15(18)20-2)9-14(17-16(11)19)8-12-6-4-3-5-7-12;;;;/h3-7,11,13-14H,1,8-10H2,2H3,(H,17,19);3*1H3;/t11-,13+,14+;;;;/m1..../s1. The summed E-state index contributed by atoms with van der Waals surface area (Å²) < 4.78 is 5.85. The van der Waals surface area contributed by atoms with Crippen molar-refractivity contribution in [1.82, 2.24) is 5.32 Å². The Kier molecular flexibility index (Phi) is 6.72. The summed E-state index contributed by atoms with van der Waals surface area (Å²) in [6, 6.07) is 10.3. The first-order valence-corrected chi connectivity index (χ1v) is 19.3. The van der Waals surface area contributed by atoms with Gasteiger partial charge in [-0.3, -0.25) is 0 Å². The summed E-state index contributed by atoms with van der Waals surface area (Å²) in [6.45, 7) is 0. The van der Waals surface area contributed by atoms with Crippen LogP contribution < -0.4 is 5.32 Å². The Balaban J connectivity index is 2.11. The first kappa shape index (κ1) is 19.3. The molecule has 0 aliphatic carbocycles. The molecule has 0 radical (unpaired) electrons. The van der Waals surface area contributed by atoms with Crippen LogP contribution in [-0.2, 0) is 20.7 Å². The Hall–Kier alpha value is -1.04. The second-order valence-electron chi connectivity index (χ2n) is 8.04. The van der Waals surface area contributed by atoms with Crippen LogP contribution in [0.15, 0.2) is 30.3 Å². The van der Waals surface area contributed by atoms with Crippen LogP contribution in [0.3, 0.4) is 0 Å². The number of rotatable bonds is 6. The third-order valence-corrected chi connectivity index (χ3v) is 9.40. The van der Waals surface area contributed by atoms with Crippen molar-refractivity contribution in [3.63, 3.8) is 0 Å². The number of ether oxygens (including phenoxy) is 1. The molecule has 1 fully saturated rings. The van der Waals surface area contributed by atoms with Crippen molar-refractivity contribution < 1.29 is 14.3 Å². The Bertz CT molecular complexity index is 568. The van der Waals surface area contributed by atoms with E-state index in [1.807, 2.05) is 18.2 Å². The topological polar surface area (TPSA) is 55.4 Å². The number of carbonyl (C=O) groups is 2. The van der Waals surface area contributed by atoms with E-state index >= 15 is 0 Å². The predicted octanol–water partition coefficient (Wildman–Crippen LogP) is 3.25. The van der Waals surface area contributed by atoms with Gasteiger partial charge in [-0.15, -0.1) is 0 Å². The van der Waals surface area contributed by atoms with Crippen molar-refractivity contribution in [2.24, 2.45) is 11.8 Å². The van der Waals surface area contributed by atoms with E-state index in [0.29, 0.717) is 6.42 Å². The summed E-state index contributed by atoms with van der Waals surface area (Å²) in [6.07, 6.45) is 2.01. The minimum atomic E-state index is -2.14. The molecule has 0 unspecified atom stereocenters. The van der Waals surface area contributed by atoms with E-state index < -0.39 is 18.4 Å². The van der Waals surface area contributed by atoms with Gasteiger partial charge in [0.25, 0.3) is 0 Å². The summed E-state index contributed by atoms with van der Waals surface area (Å²) in [4.78, 5) is 31.6. The van der Waals surface area contributed by atoms with E-state index in [1.165, 1.54) is 12.7 Å². The van der Waals surface area contributed by atoms with Gasteiger partial charge < -0.3 is 0 Å². The zero-order chi connectivity index (χ0) is 17.7. The first-order chi connectivity index (χ1) is 11.3. The molecule has 1 aromatic rings. The maximum atomic E-state index is 12.7. The fourth-order valence-corrected chi connectivity index (χ4v) is 8.83.